The Bertz CT molecular complexity index is 803. The number of piperidine rings is 1. The molecule has 2 aromatic rings. The van der Waals surface area contributed by atoms with Crippen LogP contribution < -0.4 is 10.6 Å². The van der Waals surface area contributed by atoms with Gasteiger partial charge in [-0.3, -0.25) is 4.79 Å². The molecule has 3 rings (SSSR count). The lowest BCUT2D eigenvalue weighted by Crippen LogP contribution is -2.46. The topological polar surface area (TPSA) is 61.4 Å². The number of hydrogen-bond donors (Lipinski definition) is 2. The molecule has 2 N–H and O–H groups in total. The number of amides is 3. The molecule has 3 amide bonds. The van der Waals surface area contributed by atoms with Crippen LogP contribution in [0.5, 0.6) is 0 Å². The van der Waals surface area contributed by atoms with Gasteiger partial charge in [-0.15, -0.1) is 0 Å². The average molecular weight is 394 g/mol. The molecule has 0 radical (unpaired) electrons. The number of nitrogens with one attached hydrogen (secondary N) is 2. The molecule has 0 aromatic heterocycles. The summed E-state index contributed by atoms with van der Waals surface area (Å²) >= 11 is 0. The molecule has 29 heavy (non-hydrogen) atoms. The summed E-state index contributed by atoms with van der Waals surface area (Å²) in [6, 6.07) is 18.0. The van der Waals surface area contributed by atoms with Crippen LogP contribution in [0, 0.1) is 5.92 Å². The third-order valence-corrected chi connectivity index (χ3v) is 5.43. The summed E-state index contributed by atoms with van der Waals surface area (Å²) in [7, 11) is 0. The summed E-state index contributed by atoms with van der Waals surface area (Å²) in [6.07, 6.45) is 5.25. The molecule has 5 heteroatoms. The van der Waals surface area contributed by atoms with E-state index in [4.69, 9.17) is 0 Å². The molecule has 0 aliphatic carbocycles. The molecule has 1 atom stereocenters. The number of carbonyl (C=O) groups excluding carboxylic acids is 2. The summed E-state index contributed by atoms with van der Waals surface area (Å²) in [5, 5.41) is 5.88. The second-order valence-corrected chi connectivity index (χ2v) is 8.02. The highest BCUT2D eigenvalue weighted by atomic mass is 16.2. The van der Waals surface area contributed by atoms with Crippen molar-refractivity contribution in [1.29, 1.82) is 0 Å². The van der Waals surface area contributed by atoms with Crippen LogP contribution in [0.4, 0.5) is 16.2 Å². The van der Waals surface area contributed by atoms with Crippen LogP contribution in [0.2, 0.25) is 0 Å². The summed E-state index contributed by atoms with van der Waals surface area (Å²) in [5.41, 5.74) is 2.79. The zero-order valence-corrected chi connectivity index (χ0v) is 17.4. The van der Waals surface area contributed by atoms with Crippen molar-refractivity contribution in [2.45, 2.75) is 52.0 Å². The Kier molecular flexibility index (Phi) is 7.28. The van der Waals surface area contributed by atoms with Crippen molar-refractivity contribution >= 4 is 23.3 Å². The maximum atomic E-state index is 12.9. The van der Waals surface area contributed by atoms with Crippen LogP contribution in [0.1, 0.15) is 45.1 Å². The van der Waals surface area contributed by atoms with Crippen molar-refractivity contribution in [3.05, 3.63) is 60.2 Å². The van der Waals surface area contributed by atoms with E-state index in [1.54, 1.807) is 0 Å². The maximum absolute atomic E-state index is 12.9. The van der Waals surface area contributed by atoms with Gasteiger partial charge in [0.15, 0.2) is 0 Å². The Hall–Kier alpha value is -2.82. The highest BCUT2D eigenvalue weighted by Crippen LogP contribution is 2.23. The molecular weight excluding hydrogens is 362 g/mol. The largest absolute Gasteiger partial charge is 0.326 e. The first kappa shape index (κ1) is 20.9. The first-order valence-electron chi connectivity index (χ1n) is 10.6. The Labute approximate surface area is 173 Å². The monoisotopic (exact) mass is 393 g/mol. The fourth-order valence-corrected chi connectivity index (χ4v) is 3.66. The van der Waals surface area contributed by atoms with Gasteiger partial charge in [0.1, 0.15) is 0 Å². The van der Waals surface area contributed by atoms with E-state index in [2.05, 4.69) is 34.9 Å². The fourth-order valence-electron chi connectivity index (χ4n) is 3.66. The van der Waals surface area contributed by atoms with Crippen LogP contribution in [-0.2, 0) is 11.2 Å². The predicted octanol–water partition coefficient (Wildman–Crippen LogP) is 5.30. The van der Waals surface area contributed by atoms with E-state index < -0.39 is 0 Å². The van der Waals surface area contributed by atoms with Crippen LogP contribution in [-0.4, -0.2) is 29.4 Å². The van der Waals surface area contributed by atoms with Gasteiger partial charge in [0.2, 0.25) is 5.91 Å². The van der Waals surface area contributed by atoms with E-state index in [9.17, 15) is 9.59 Å². The third kappa shape index (κ3) is 6.08. The molecule has 1 aliphatic rings. The zero-order chi connectivity index (χ0) is 20.6. The molecule has 2 aromatic carbocycles. The normalized spacial score (nSPS) is 16.5. The van der Waals surface area contributed by atoms with Crippen molar-refractivity contribution in [1.82, 2.24) is 4.90 Å². The molecule has 1 unspecified atom stereocenters. The van der Waals surface area contributed by atoms with E-state index in [1.165, 1.54) is 12.0 Å². The second-order valence-electron chi connectivity index (χ2n) is 8.02. The minimum absolute atomic E-state index is 0.0173. The van der Waals surface area contributed by atoms with Gasteiger partial charge < -0.3 is 15.5 Å². The molecule has 1 aliphatic heterocycles. The summed E-state index contributed by atoms with van der Waals surface area (Å²) in [6.45, 7) is 4.52. The highest BCUT2D eigenvalue weighted by Gasteiger charge is 2.26. The zero-order valence-electron chi connectivity index (χ0n) is 17.4. The van der Waals surface area contributed by atoms with E-state index in [-0.39, 0.29) is 23.9 Å². The number of benzene rings is 2. The highest BCUT2D eigenvalue weighted by molar-refractivity contribution is 5.93. The fraction of sp³-hybridized carbons (Fsp3) is 0.417. The van der Waals surface area contributed by atoms with Gasteiger partial charge in [-0.2, -0.15) is 0 Å². The first-order chi connectivity index (χ1) is 14.0. The van der Waals surface area contributed by atoms with Gasteiger partial charge in [0.25, 0.3) is 0 Å². The van der Waals surface area contributed by atoms with Crippen LogP contribution in [0.15, 0.2) is 54.6 Å². The summed E-state index contributed by atoms with van der Waals surface area (Å²) in [5.74, 6) is -0.0855. The quantitative estimate of drug-likeness (QED) is 0.699. The van der Waals surface area contributed by atoms with E-state index in [1.807, 2.05) is 49.1 Å². The average Bonchev–Trinajstić information content (AvgIpc) is 2.74. The summed E-state index contributed by atoms with van der Waals surface area (Å²) < 4.78 is 0. The van der Waals surface area contributed by atoms with E-state index in [0.29, 0.717) is 0 Å². The number of aryl methyl sites for hydroxylation is 1. The van der Waals surface area contributed by atoms with Gasteiger partial charge in [0, 0.05) is 29.9 Å². The molecule has 0 saturated carbocycles. The maximum Gasteiger partial charge on any atom is 0.322 e. The number of hydrogen-bond acceptors (Lipinski definition) is 2. The first-order valence-corrected chi connectivity index (χ1v) is 10.6. The lowest BCUT2D eigenvalue weighted by atomic mass is 9.96. The predicted molar refractivity (Wildman–Crippen MR) is 118 cm³/mol. The second kappa shape index (κ2) is 10.1. The van der Waals surface area contributed by atoms with Crippen molar-refractivity contribution < 1.29 is 9.59 Å². The Morgan fingerprint density at radius 2 is 1.62 bits per heavy atom. The summed E-state index contributed by atoms with van der Waals surface area (Å²) in [4.78, 5) is 26.7. The van der Waals surface area contributed by atoms with Crippen molar-refractivity contribution in [3.8, 4) is 0 Å². The minimum atomic E-state index is -0.0682. The standard InChI is InChI=1S/C24H31N3O2/c1-18(2)23(28)25-20-12-14-21(15-13-20)26-24(29)27-17-7-6-10-22(27)16-11-19-8-4-3-5-9-19/h3-5,8-9,12-15,18,22H,6-7,10-11,16-17H2,1-2H3,(H,25,28)(H,26,29). The number of carbonyl (C=O) groups is 2. The lowest BCUT2D eigenvalue weighted by Gasteiger charge is -2.36. The smallest absolute Gasteiger partial charge is 0.322 e. The van der Waals surface area contributed by atoms with Crippen LogP contribution in [0.3, 0.4) is 0 Å². The number of nitrogens with zero attached hydrogens (tertiary/aromatic N) is 1. The lowest BCUT2D eigenvalue weighted by molar-refractivity contribution is -0.118. The Balaban J connectivity index is 1.56. The molecule has 0 spiro atoms. The molecule has 1 fully saturated rings. The van der Waals surface area contributed by atoms with Crippen LogP contribution in [0.25, 0.3) is 0 Å². The van der Waals surface area contributed by atoms with Gasteiger partial charge in [-0.05, 0) is 61.9 Å². The molecule has 1 saturated heterocycles. The Morgan fingerprint density at radius 3 is 2.28 bits per heavy atom. The molecule has 1 heterocycles. The number of anilines is 2. The van der Waals surface area contributed by atoms with Crippen molar-refractivity contribution in [3.63, 3.8) is 0 Å². The van der Waals surface area contributed by atoms with Crippen LogP contribution >= 0.6 is 0 Å². The molecular formula is C24H31N3O2. The minimum Gasteiger partial charge on any atom is -0.326 e. The van der Waals surface area contributed by atoms with Gasteiger partial charge in [-0.25, -0.2) is 4.79 Å². The van der Waals surface area contributed by atoms with Gasteiger partial charge in [-0.1, -0.05) is 44.2 Å². The SMILES string of the molecule is CC(C)C(=O)Nc1ccc(NC(=O)N2CCCCC2CCc2ccccc2)cc1. The van der Waals surface area contributed by atoms with Gasteiger partial charge in [0.05, 0.1) is 0 Å². The molecule has 154 valence electrons. The van der Waals surface area contributed by atoms with Crippen molar-refractivity contribution in [2.75, 3.05) is 17.2 Å². The number of likely N-dealkylation sites (tertiary alicyclic amines) is 1. The molecule has 0 bridgehead atoms. The van der Waals surface area contributed by atoms with E-state index >= 15 is 0 Å². The van der Waals surface area contributed by atoms with Crippen molar-refractivity contribution in [2.24, 2.45) is 5.92 Å². The number of rotatable bonds is 6. The third-order valence-electron chi connectivity index (χ3n) is 5.43. The number of urea groups is 1. The molecule has 5 nitrogen and oxygen atoms in total. The Morgan fingerprint density at radius 1 is 0.966 bits per heavy atom. The van der Waals surface area contributed by atoms with Gasteiger partial charge >= 0.3 is 6.03 Å². The van der Waals surface area contributed by atoms with E-state index in [0.717, 1.165) is 43.6 Å².